The Morgan fingerprint density at radius 2 is 1.95 bits per heavy atom. The number of pyridine rings is 1. The molecule has 0 bridgehead atoms. The van der Waals surface area contributed by atoms with E-state index in [1.165, 1.54) is 0 Å². The second-order valence-corrected chi connectivity index (χ2v) is 5.79. The molecule has 0 aliphatic carbocycles. The molecule has 100 valence electrons. The molecule has 2 aromatic rings. The van der Waals surface area contributed by atoms with Crippen LogP contribution in [0.15, 0.2) is 39.4 Å². The van der Waals surface area contributed by atoms with E-state index in [0.717, 1.165) is 38.2 Å². The van der Waals surface area contributed by atoms with E-state index < -0.39 is 0 Å². The Bertz CT molecular complexity index is 564. The van der Waals surface area contributed by atoms with E-state index in [2.05, 4.69) is 42.2 Å². The molecular formula is C14H14Br2N2O. The maximum Gasteiger partial charge on any atom is 0.147 e. The van der Waals surface area contributed by atoms with Crippen LogP contribution in [0.25, 0.3) is 0 Å². The lowest BCUT2D eigenvalue weighted by molar-refractivity contribution is 0.409. The zero-order valence-corrected chi connectivity index (χ0v) is 13.9. The third-order valence-electron chi connectivity index (χ3n) is 2.75. The number of halogens is 2. The average Bonchev–Trinajstić information content (AvgIpc) is 2.37. The largest absolute Gasteiger partial charge is 0.494 e. The number of aryl methyl sites for hydroxylation is 1. The van der Waals surface area contributed by atoms with Crippen LogP contribution >= 0.6 is 31.9 Å². The number of rotatable bonds is 4. The van der Waals surface area contributed by atoms with Crippen LogP contribution in [0.5, 0.6) is 5.75 Å². The van der Waals surface area contributed by atoms with Gasteiger partial charge in [0.05, 0.1) is 27.4 Å². The molecule has 1 N–H and O–H groups in total. The summed E-state index contributed by atoms with van der Waals surface area (Å²) in [5.41, 5.74) is 3.20. The lowest BCUT2D eigenvalue weighted by Crippen LogP contribution is -2.02. The summed E-state index contributed by atoms with van der Waals surface area (Å²) in [6.45, 7) is 2.72. The molecule has 1 aromatic heterocycles. The van der Waals surface area contributed by atoms with E-state index in [1.54, 1.807) is 13.3 Å². The molecular weight excluding hydrogens is 372 g/mol. The van der Waals surface area contributed by atoms with Crippen molar-refractivity contribution in [1.29, 1.82) is 0 Å². The summed E-state index contributed by atoms with van der Waals surface area (Å²) in [4.78, 5) is 4.25. The van der Waals surface area contributed by atoms with Crippen molar-refractivity contribution in [1.82, 2.24) is 4.98 Å². The fraction of sp³-hybridized carbons (Fsp3) is 0.214. The van der Waals surface area contributed by atoms with Crippen molar-refractivity contribution >= 4 is 37.5 Å². The van der Waals surface area contributed by atoms with Gasteiger partial charge in [0.1, 0.15) is 5.75 Å². The number of methoxy groups -OCH3 is 1. The van der Waals surface area contributed by atoms with Crippen LogP contribution in [-0.4, -0.2) is 12.1 Å². The smallest absolute Gasteiger partial charge is 0.147 e. The number of hydrogen-bond donors (Lipinski definition) is 1. The van der Waals surface area contributed by atoms with Gasteiger partial charge in [-0.2, -0.15) is 0 Å². The van der Waals surface area contributed by atoms with E-state index >= 15 is 0 Å². The highest BCUT2D eigenvalue weighted by Gasteiger charge is 2.08. The zero-order valence-electron chi connectivity index (χ0n) is 10.7. The van der Waals surface area contributed by atoms with Crippen molar-refractivity contribution in [2.24, 2.45) is 0 Å². The van der Waals surface area contributed by atoms with Gasteiger partial charge < -0.3 is 10.1 Å². The van der Waals surface area contributed by atoms with Gasteiger partial charge in [-0.25, -0.2) is 0 Å². The molecule has 0 unspecified atom stereocenters. The van der Waals surface area contributed by atoms with Gasteiger partial charge in [0.25, 0.3) is 0 Å². The zero-order chi connectivity index (χ0) is 13.8. The molecule has 5 heteroatoms. The van der Waals surface area contributed by atoms with Crippen LogP contribution in [0, 0.1) is 6.92 Å². The molecule has 0 spiro atoms. The third-order valence-corrected chi connectivity index (χ3v) is 3.93. The maximum absolute atomic E-state index is 5.29. The van der Waals surface area contributed by atoms with Crippen LogP contribution in [0.1, 0.15) is 11.3 Å². The van der Waals surface area contributed by atoms with Crippen molar-refractivity contribution in [3.8, 4) is 5.75 Å². The van der Waals surface area contributed by atoms with Crippen molar-refractivity contribution < 1.29 is 4.74 Å². The first-order valence-electron chi connectivity index (χ1n) is 5.79. The summed E-state index contributed by atoms with van der Waals surface area (Å²) >= 11 is 7.01. The standard InChI is InChI=1S/C14H14Br2N2O/c1-9-13(4-3-5-17-9)18-8-10-6-11(15)14(19-2)12(16)7-10/h3-7,18H,8H2,1-2H3. The van der Waals surface area contributed by atoms with Crippen LogP contribution in [-0.2, 0) is 6.54 Å². The highest BCUT2D eigenvalue weighted by Crippen LogP contribution is 2.34. The van der Waals surface area contributed by atoms with Crippen LogP contribution in [0.4, 0.5) is 5.69 Å². The molecule has 0 saturated heterocycles. The summed E-state index contributed by atoms with van der Waals surface area (Å²) in [5, 5.41) is 3.38. The molecule has 0 radical (unpaired) electrons. The van der Waals surface area contributed by atoms with Gasteiger partial charge in [-0.3, -0.25) is 4.98 Å². The number of ether oxygens (including phenoxy) is 1. The molecule has 0 amide bonds. The minimum Gasteiger partial charge on any atom is -0.494 e. The Morgan fingerprint density at radius 1 is 1.26 bits per heavy atom. The number of benzene rings is 1. The van der Waals surface area contributed by atoms with E-state index in [4.69, 9.17) is 4.74 Å². The predicted octanol–water partition coefficient (Wildman–Crippen LogP) is 4.54. The Kier molecular flexibility index (Phi) is 4.82. The monoisotopic (exact) mass is 384 g/mol. The van der Waals surface area contributed by atoms with Crippen LogP contribution in [0.2, 0.25) is 0 Å². The van der Waals surface area contributed by atoms with Crippen LogP contribution in [0.3, 0.4) is 0 Å². The van der Waals surface area contributed by atoms with Gasteiger partial charge >= 0.3 is 0 Å². The van der Waals surface area contributed by atoms with Crippen molar-refractivity contribution in [3.63, 3.8) is 0 Å². The number of anilines is 1. The molecule has 0 atom stereocenters. The number of aromatic nitrogens is 1. The highest BCUT2D eigenvalue weighted by molar-refractivity contribution is 9.11. The average molecular weight is 386 g/mol. The van der Waals surface area contributed by atoms with Crippen LogP contribution < -0.4 is 10.1 Å². The van der Waals surface area contributed by atoms with Crippen molar-refractivity contribution in [3.05, 3.63) is 50.7 Å². The fourth-order valence-corrected chi connectivity index (χ4v) is 3.38. The SMILES string of the molecule is COc1c(Br)cc(CNc2cccnc2C)cc1Br. The number of hydrogen-bond acceptors (Lipinski definition) is 3. The van der Waals surface area contributed by atoms with Gasteiger partial charge in [0, 0.05) is 12.7 Å². The minimum atomic E-state index is 0.730. The van der Waals surface area contributed by atoms with E-state index in [-0.39, 0.29) is 0 Å². The summed E-state index contributed by atoms with van der Waals surface area (Å²) < 4.78 is 7.16. The maximum atomic E-state index is 5.29. The van der Waals surface area contributed by atoms with Gasteiger partial charge in [-0.15, -0.1) is 0 Å². The molecule has 1 heterocycles. The van der Waals surface area contributed by atoms with E-state index in [9.17, 15) is 0 Å². The predicted molar refractivity (Wildman–Crippen MR) is 84.7 cm³/mol. The molecule has 0 aliphatic rings. The first kappa shape index (κ1) is 14.3. The Morgan fingerprint density at radius 3 is 2.53 bits per heavy atom. The Labute approximate surface area is 129 Å². The molecule has 0 aliphatic heterocycles. The topological polar surface area (TPSA) is 34.1 Å². The quantitative estimate of drug-likeness (QED) is 0.839. The molecule has 19 heavy (non-hydrogen) atoms. The van der Waals surface area contributed by atoms with E-state index in [1.807, 2.05) is 31.2 Å². The molecule has 3 nitrogen and oxygen atoms in total. The molecule has 2 rings (SSSR count). The number of nitrogens with zero attached hydrogens (tertiary/aromatic N) is 1. The second kappa shape index (κ2) is 6.39. The highest BCUT2D eigenvalue weighted by atomic mass is 79.9. The fourth-order valence-electron chi connectivity index (χ4n) is 1.78. The van der Waals surface area contributed by atoms with Gasteiger partial charge in [-0.1, -0.05) is 0 Å². The summed E-state index contributed by atoms with van der Waals surface area (Å²) in [6, 6.07) is 8.04. The second-order valence-electron chi connectivity index (χ2n) is 4.08. The first-order chi connectivity index (χ1) is 9.11. The summed E-state index contributed by atoms with van der Waals surface area (Å²) in [5.74, 6) is 0.807. The van der Waals surface area contributed by atoms with Gasteiger partial charge in [0.2, 0.25) is 0 Å². The van der Waals surface area contributed by atoms with Crippen molar-refractivity contribution in [2.45, 2.75) is 13.5 Å². The molecule has 1 aromatic carbocycles. The van der Waals surface area contributed by atoms with Gasteiger partial charge in [0.15, 0.2) is 0 Å². The molecule has 0 fully saturated rings. The first-order valence-corrected chi connectivity index (χ1v) is 7.38. The lowest BCUT2D eigenvalue weighted by Gasteiger charge is -2.11. The lowest BCUT2D eigenvalue weighted by atomic mass is 10.2. The summed E-state index contributed by atoms with van der Waals surface area (Å²) in [6.07, 6.45) is 1.79. The third kappa shape index (κ3) is 3.48. The number of nitrogens with one attached hydrogen (secondary N) is 1. The van der Waals surface area contributed by atoms with Gasteiger partial charge in [-0.05, 0) is 68.6 Å². The van der Waals surface area contributed by atoms with E-state index in [0.29, 0.717) is 0 Å². The van der Waals surface area contributed by atoms with Crippen molar-refractivity contribution in [2.75, 3.05) is 12.4 Å². The normalized spacial score (nSPS) is 10.3. The molecule has 0 saturated carbocycles. The minimum absolute atomic E-state index is 0.730. The summed E-state index contributed by atoms with van der Waals surface area (Å²) in [7, 11) is 1.65. The Hall–Kier alpha value is -1.07. The Balaban J connectivity index is 2.15.